The summed E-state index contributed by atoms with van der Waals surface area (Å²) in [7, 11) is 0. The maximum absolute atomic E-state index is 6.14. The summed E-state index contributed by atoms with van der Waals surface area (Å²) in [5.41, 5.74) is 8.13. The lowest BCUT2D eigenvalue weighted by Crippen LogP contribution is -2.15. The maximum atomic E-state index is 6.14. The first kappa shape index (κ1) is 11.3. The van der Waals surface area contributed by atoms with E-state index < -0.39 is 0 Å². The second-order valence-electron chi connectivity index (χ2n) is 5.18. The highest BCUT2D eigenvalue weighted by molar-refractivity contribution is 6.00. The lowest BCUT2D eigenvalue weighted by atomic mass is 10.1. The van der Waals surface area contributed by atoms with Gasteiger partial charge in [0.1, 0.15) is 5.82 Å². The van der Waals surface area contributed by atoms with Gasteiger partial charge in [0, 0.05) is 28.7 Å². The van der Waals surface area contributed by atoms with E-state index in [1.807, 2.05) is 19.2 Å². The van der Waals surface area contributed by atoms with Crippen LogP contribution in [0.5, 0.6) is 0 Å². The van der Waals surface area contributed by atoms with E-state index >= 15 is 0 Å². The second kappa shape index (κ2) is 4.48. The number of pyridine rings is 1. The number of anilines is 2. The molecule has 1 aromatic heterocycles. The third-order valence-electron chi connectivity index (χ3n) is 3.90. The van der Waals surface area contributed by atoms with Gasteiger partial charge in [-0.15, -0.1) is 0 Å². The number of nitrogens with zero attached hydrogens (tertiary/aromatic N) is 1. The van der Waals surface area contributed by atoms with Gasteiger partial charge >= 0.3 is 0 Å². The van der Waals surface area contributed by atoms with E-state index in [0.717, 1.165) is 27.8 Å². The molecule has 1 saturated carbocycles. The van der Waals surface area contributed by atoms with Crippen molar-refractivity contribution >= 4 is 22.3 Å². The van der Waals surface area contributed by atoms with Crippen LogP contribution in [0.1, 0.15) is 31.2 Å². The molecule has 1 aliphatic rings. The van der Waals surface area contributed by atoms with Crippen molar-refractivity contribution in [2.24, 2.45) is 0 Å². The fourth-order valence-corrected chi connectivity index (χ4v) is 2.77. The zero-order chi connectivity index (χ0) is 12.5. The minimum Gasteiger partial charge on any atom is -0.398 e. The Morgan fingerprint density at radius 2 is 1.94 bits per heavy atom. The Morgan fingerprint density at radius 1 is 1.17 bits per heavy atom. The first-order chi connectivity index (χ1) is 8.75. The van der Waals surface area contributed by atoms with Crippen LogP contribution in [0.3, 0.4) is 0 Å². The minimum atomic E-state index is 0.575. The van der Waals surface area contributed by atoms with Crippen molar-refractivity contribution < 1.29 is 0 Å². The highest BCUT2D eigenvalue weighted by atomic mass is 15.0. The van der Waals surface area contributed by atoms with E-state index in [-0.39, 0.29) is 0 Å². The number of hydrogen-bond acceptors (Lipinski definition) is 3. The molecule has 2 aromatic rings. The number of nitrogens with one attached hydrogen (secondary N) is 1. The lowest BCUT2D eigenvalue weighted by Gasteiger charge is -2.15. The van der Waals surface area contributed by atoms with Crippen LogP contribution < -0.4 is 11.1 Å². The molecular weight excluding hydrogens is 222 g/mol. The maximum Gasteiger partial charge on any atom is 0.134 e. The predicted molar refractivity (Wildman–Crippen MR) is 76.8 cm³/mol. The fourth-order valence-electron chi connectivity index (χ4n) is 2.77. The summed E-state index contributed by atoms with van der Waals surface area (Å²) in [5.74, 6) is 0.978. The number of nitrogens with two attached hydrogens (primary N) is 1. The summed E-state index contributed by atoms with van der Waals surface area (Å²) in [6, 6.07) is 6.76. The van der Waals surface area contributed by atoms with Crippen LogP contribution in [-0.4, -0.2) is 11.0 Å². The van der Waals surface area contributed by atoms with Crippen LogP contribution >= 0.6 is 0 Å². The molecule has 0 radical (unpaired) electrons. The monoisotopic (exact) mass is 241 g/mol. The van der Waals surface area contributed by atoms with E-state index in [1.165, 1.54) is 25.7 Å². The molecule has 0 saturated heterocycles. The largest absolute Gasteiger partial charge is 0.398 e. The van der Waals surface area contributed by atoms with Gasteiger partial charge < -0.3 is 11.1 Å². The molecular formula is C15H19N3. The van der Waals surface area contributed by atoms with Gasteiger partial charge in [0.2, 0.25) is 0 Å². The summed E-state index contributed by atoms with van der Waals surface area (Å²) < 4.78 is 0. The number of fused-ring (bicyclic) bond motifs is 1. The van der Waals surface area contributed by atoms with Gasteiger partial charge in [-0.2, -0.15) is 0 Å². The summed E-state index contributed by atoms with van der Waals surface area (Å²) >= 11 is 0. The smallest absolute Gasteiger partial charge is 0.134 e. The van der Waals surface area contributed by atoms with Crippen LogP contribution in [0.2, 0.25) is 0 Å². The Kier molecular flexibility index (Phi) is 2.82. The quantitative estimate of drug-likeness (QED) is 0.791. The van der Waals surface area contributed by atoms with Gasteiger partial charge in [0.25, 0.3) is 0 Å². The van der Waals surface area contributed by atoms with Crippen molar-refractivity contribution in [1.29, 1.82) is 0 Å². The molecule has 1 aliphatic carbocycles. The highest BCUT2D eigenvalue weighted by Crippen LogP contribution is 2.30. The summed E-state index contributed by atoms with van der Waals surface area (Å²) in [6.45, 7) is 2.04. The Hall–Kier alpha value is -1.77. The van der Waals surface area contributed by atoms with Crippen molar-refractivity contribution in [1.82, 2.24) is 4.98 Å². The first-order valence-electron chi connectivity index (χ1n) is 6.66. The second-order valence-corrected chi connectivity index (χ2v) is 5.18. The molecule has 0 aliphatic heterocycles. The van der Waals surface area contributed by atoms with Gasteiger partial charge in [-0.25, -0.2) is 4.98 Å². The molecule has 0 amide bonds. The standard InChI is InChI=1S/C15H19N3/c1-10-6-7-13-12(14(10)16)8-9-17-15(13)18-11-4-2-3-5-11/h6-9,11H,2-5,16H2,1H3,(H,17,18). The van der Waals surface area contributed by atoms with E-state index in [4.69, 9.17) is 5.73 Å². The molecule has 1 fully saturated rings. The van der Waals surface area contributed by atoms with Crippen LogP contribution in [-0.2, 0) is 0 Å². The molecule has 3 nitrogen and oxygen atoms in total. The Labute approximate surface area is 107 Å². The van der Waals surface area contributed by atoms with Crippen molar-refractivity contribution in [3.8, 4) is 0 Å². The van der Waals surface area contributed by atoms with E-state index in [2.05, 4.69) is 22.4 Å². The summed E-state index contributed by atoms with van der Waals surface area (Å²) in [6.07, 6.45) is 6.99. The predicted octanol–water partition coefficient (Wildman–Crippen LogP) is 3.48. The molecule has 0 spiro atoms. The number of hydrogen-bond donors (Lipinski definition) is 2. The topological polar surface area (TPSA) is 50.9 Å². The molecule has 1 aromatic carbocycles. The van der Waals surface area contributed by atoms with Gasteiger partial charge in [0.15, 0.2) is 0 Å². The molecule has 18 heavy (non-hydrogen) atoms. The van der Waals surface area contributed by atoms with Crippen LogP contribution in [0.25, 0.3) is 10.8 Å². The van der Waals surface area contributed by atoms with E-state index in [9.17, 15) is 0 Å². The Balaban J connectivity index is 2.04. The fraction of sp³-hybridized carbons (Fsp3) is 0.400. The van der Waals surface area contributed by atoms with Gasteiger partial charge in [-0.05, 0) is 31.4 Å². The zero-order valence-electron chi connectivity index (χ0n) is 10.7. The van der Waals surface area contributed by atoms with Gasteiger partial charge in [-0.1, -0.05) is 25.0 Å². The van der Waals surface area contributed by atoms with Crippen molar-refractivity contribution in [3.63, 3.8) is 0 Å². The number of rotatable bonds is 2. The zero-order valence-corrected chi connectivity index (χ0v) is 10.7. The molecule has 1 heterocycles. The SMILES string of the molecule is Cc1ccc2c(NC3CCCC3)nccc2c1N. The van der Waals surface area contributed by atoms with Crippen molar-refractivity contribution in [2.45, 2.75) is 38.6 Å². The van der Waals surface area contributed by atoms with Crippen LogP contribution in [0, 0.1) is 6.92 Å². The normalized spacial score (nSPS) is 16.3. The third-order valence-corrected chi connectivity index (χ3v) is 3.90. The average molecular weight is 241 g/mol. The third kappa shape index (κ3) is 1.90. The molecule has 3 rings (SSSR count). The average Bonchev–Trinajstić information content (AvgIpc) is 2.87. The van der Waals surface area contributed by atoms with E-state index in [1.54, 1.807) is 0 Å². The van der Waals surface area contributed by atoms with E-state index in [0.29, 0.717) is 6.04 Å². The van der Waals surface area contributed by atoms with Crippen LogP contribution in [0.4, 0.5) is 11.5 Å². The first-order valence-corrected chi connectivity index (χ1v) is 6.66. The Bertz CT molecular complexity index is 571. The van der Waals surface area contributed by atoms with Crippen LogP contribution in [0.15, 0.2) is 24.4 Å². The summed E-state index contributed by atoms with van der Waals surface area (Å²) in [4.78, 5) is 4.47. The van der Waals surface area contributed by atoms with Gasteiger partial charge in [-0.3, -0.25) is 0 Å². The molecule has 3 heteroatoms. The molecule has 94 valence electrons. The Morgan fingerprint density at radius 3 is 2.72 bits per heavy atom. The lowest BCUT2D eigenvalue weighted by molar-refractivity contribution is 0.752. The molecule has 0 bridgehead atoms. The minimum absolute atomic E-state index is 0.575. The summed E-state index contributed by atoms with van der Waals surface area (Å²) in [5, 5.41) is 5.80. The molecule has 3 N–H and O–H groups in total. The molecule has 0 atom stereocenters. The van der Waals surface area contributed by atoms with Crippen molar-refractivity contribution in [2.75, 3.05) is 11.1 Å². The number of aryl methyl sites for hydroxylation is 1. The van der Waals surface area contributed by atoms with Crippen molar-refractivity contribution in [3.05, 3.63) is 30.0 Å². The highest BCUT2D eigenvalue weighted by Gasteiger charge is 2.16. The number of nitrogen functional groups attached to an aromatic ring is 1. The number of aromatic nitrogens is 1. The van der Waals surface area contributed by atoms with Gasteiger partial charge in [0.05, 0.1) is 0 Å². The number of benzene rings is 1. The molecule has 0 unspecified atom stereocenters.